The van der Waals surface area contributed by atoms with Gasteiger partial charge in [-0.25, -0.2) is 9.97 Å². The van der Waals surface area contributed by atoms with Crippen LogP contribution >= 0.6 is 0 Å². The van der Waals surface area contributed by atoms with Crippen LogP contribution in [-0.2, 0) is 5.41 Å². The van der Waals surface area contributed by atoms with Gasteiger partial charge >= 0.3 is 0 Å². The van der Waals surface area contributed by atoms with Gasteiger partial charge in [-0.3, -0.25) is 4.79 Å². The second-order valence-corrected chi connectivity index (χ2v) is 9.36. The summed E-state index contributed by atoms with van der Waals surface area (Å²) in [6.07, 6.45) is 2.52. The van der Waals surface area contributed by atoms with Crippen molar-refractivity contribution < 1.29 is 4.79 Å². The molecule has 1 amide bonds. The Labute approximate surface area is 193 Å². The van der Waals surface area contributed by atoms with Crippen LogP contribution in [0.2, 0.25) is 0 Å². The smallest absolute Gasteiger partial charge is 0.257 e. The highest BCUT2D eigenvalue weighted by Crippen LogP contribution is 2.28. The Morgan fingerprint density at radius 1 is 1.12 bits per heavy atom. The van der Waals surface area contributed by atoms with Gasteiger partial charge in [0.05, 0.1) is 17.2 Å². The Morgan fingerprint density at radius 2 is 1.76 bits per heavy atom. The van der Waals surface area contributed by atoms with Crippen LogP contribution in [0.25, 0.3) is 22.2 Å². The van der Waals surface area contributed by atoms with Crippen molar-refractivity contribution >= 4 is 40.1 Å². The second-order valence-electron chi connectivity index (χ2n) is 9.36. The third kappa shape index (κ3) is 4.44. The van der Waals surface area contributed by atoms with Crippen LogP contribution in [0.5, 0.6) is 0 Å². The standard InChI is InChI=1S/C26H30N6O/c1-6-16(2)29-25(33)21-22-24(31-20-10-8-7-9-19(20)30-22)32(23(21)27)28-15-17-11-13-18(14-12-17)26(3,4)5/h7-16H,6,27H2,1-5H3,(H,29,33)/b28-15+. The van der Waals surface area contributed by atoms with E-state index < -0.39 is 0 Å². The molecule has 1 unspecified atom stereocenters. The summed E-state index contributed by atoms with van der Waals surface area (Å²) >= 11 is 0. The minimum Gasteiger partial charge on any atom is -0.383 e. The van der Waals surface area contributed by atoms with Crippen molar-refractivity contribution in [3.8, 4) is 0 Å². The van der Waals surface area contributed by atoms with E-state index in [-0.39, 0.29) is 23.2 Å². The lowest BCUT2D eigenvalue weighted by Gasteiger charge is -2.18. The van der Waals surface area contributed by atoms with Crippen LogP contribution in [0.4, 0.5) is 5.82 Å². The first-order valence-corrected chi connectivity index (χ1v) is 11.2. The molecule has 0 aliphatic carbocycles. The van der Waals surface area contributed by atoms with Crippen LogP contribution < -0.4 is 11.1 Å². The predicted molar refractivity (Wildman–Crippen MR) is 135 cm³/mol. The summed E-state index contributed by atoms with van der Waals surface area (Å²) in [7, 11) is 0. The van der Waals surface area contributed by atoms with Crippen molar-refractivity contribution in [2.45, 2.75) is 52.5 Å². The topological polar surface area (TPSA) is 98.2 Å². The summed E-state index contributed by atoms with van der Waals surface area (Å²) in [5.74, 6) is -0.0661. The number of rotatable bonds is 5. The number of hydrogen-bond donors (Lipinski definition) is 2. The van der Waals surface area contributed by atoms with E-state index in [1.807, 2.05) is 50.2 Å². The number of nitrogens with one attached hydrogen (secondary N) is 1. The zero-order valence-electron chi connectivity index (χ0n) is 19.8. The summed E-state index contributed by atoms with van der Waals surface area (Å²) in [5, 5.41) is 7.57. The SMILES string of the molecule is CCC(C)NC(=O)c1c(N)n(/N=C/c2ccc(C(C)(C)C)cc2)c2nc3ccccc3nc12. The molecule has 1 atom stereocenters. The minimum absolute atomic E-state index is 0.00791. The number of nitrogens with zero attached hydrogens (tertiary/aromatic N) is 4. The maximum Gasteiger partial charge on any atom is 0.257 e. The van der Waals surface area contributed by atoms with Gasteiger partial charge in [0.2, 0.25) is 0 Å². The molecule has 0 bridgehead atoms. The molecule has 0 saturated carbocycles. The van der Waals surface area contributed by atoms with Gasteiger partial charge in [0, 0.05) is 6.04 Å². The summed E-state index contributed by atoms with van der Waals surface area (Å²) in [4.78, 5) is 22.5. The molecule has 7 nitrogen and oxygen atoms in total. The van der Waals surface area contributed by atoms with Crippen molar-refractivity contribution in [3.63, 3.8) is 0 Å². The number of aromatic nitrogens is 3. The van der Waals surface area contributed by atoms with Crippen LogP contribution in [0, 0.1) is 0 Å². The molecule has 2 heterocycles. The highest BCUT2D eigenvalue weighted by Gasteiger charge is 2.24. The van der Waals surface area contributed by atoms with Crippen molar-refractivity contribution in [2.24, 2.45) is 5.10 Å². The van der Waals surface area contributed by atoms with Crippen molar-refractivity contribution in [2.75, 3.05) is 5.73 Å². The largest absolute Gasteiger partial charge is 0.383 e. The Hall–Kier alpha value is -3.74. The molecule has 33 heavy (non-hydrogen) atoms. The van der Waals surface area contributed by atoms with Gasteiger partial charge in [-0.1, -0.05) is 64.1 Å². The molecule has 0 fully saturated rings. The fraction of sp³-hybridized carbons (Fsp3) is 0.308. The minimum atomic E-state index is -0.278. The molecular weight excluding hydrogens is 412 g/mol. The zero-order chi connectivity index (χ0) is 23.8. The molecule has 0 spiro atoms. The number of nitrogen functional groups attached to an aromatic ring is 1. The van der Waals surface area contributed by atoms with E-state index >= 15 is 0 Å². The van der Waals surface area contributed by atoms with Gasteiger partial charge < -0.3 is 11.1 Å². The Kier molecular flexibility index (Phi) is 5.89. The predicted octanol–water partition coefficient (Wildman–Crippen LogP) is 4.87. The van der Waals surface area contributed by atoms with Gasteiger partial charge in [-0.05, 0) is 42.0 Å². The number of hydrogen-bond acceptors (Lipinski definition) is 5. The molecule has 0 aliphatic rings. The summed E-state index contributed by atoms with van der Waals surface area (Å²) in [6.45, 7) is 10.5. The maximum atomic E-state index is 13.1. The number of amides is 1. The monoisotopic (exact) mass is 442 g/mol. The number of benzene rings is 2. The lowest BCUT2D eigenvalue weighted by molar-refractivity contribution is 0.0941. The summed E-state index contributed by atoms with van der Waals surface area (Å²) in [5.41, 5.74) is 11.3. The molecule has 2 aromatic carbocycles. The Balaban J connectivity index is 1.83. The normalized spacial score (nSPS) is 13.1. The second kappa shape index (κ2) is 8.65. The third-order valence-electron chi connectivity index (χ3n) is 5.79. The van der Waals surface area contributed by atoms with Crippen molar-refractivity contribution in [1.29, 1.82) is 0 Å². The fourth-order valence-corrected chi connectivity index (χ4v) is 3.58. The average Bonchev–Trinajstić information content (AvgIpc) is 3.05. The van der Waals surface area contributed by atoms with Gasteiger partial charge in [-0.15, -0.1) is 0 Å². The first-order chi connectivity index (χ1) is 15.7. The number of anilines is 1. The molecule has 4 rings (SSSR count). The molecule has 0 saturated heterocycles. The molecular formula is C26H30N6O. The molecule has 2 aromatic heterocycles. The van der Waals surface area contributed by atoms with E-state index in [0.717, 1.165) is 12.0 Å². The van der Waals surface area contributed by atoms with Crippen LogP contribution in [-0.4, -0.2) is 32.8 Å². The lowest BCUT2D eigenvalue weighted by atomic mass is 9.87. The first kappa shape index (κ1) is 22.5. The molecule has 0 aliphatic heterocycles. The number of carbonyl (C=O) groups is 1. The maximum absolute atomic E-state index is 13.1. The third-order valence-corrected chi connectivity index (χ3v) is 5.79. The van der Waals surface area contributed by atoms with E-state index in [1.54, 1.807) is 6.21 Å². The van der Waals surface area contributed by atoms with Crippen molar-refractivity contribution in [3.05, 3.63) is 65.2 Å². The van der Waals surface area contributed by atoms with Gasteiger partial charge in [-0.2, -0.15) is 9.78 Å². The van der Waals surface area contributed by atoms with Gasteiger partial charge in [0.1, 0.15) is 16.9 Å². The Bertz CT molecular complexity index is 1350. The fourth-order valence-electron chi connectivity index (χ4n) is 3.58. The van der Waals surface area contributed by atoms with Crippen LogP contribution in [0.1, 0.15) is 62.5 Å². The van der Waals surface area contributed by atoms with Gasteiger partial charge in [0.25, 0.3) is 5.91 Å². The summed E-state index contributed by atoms with van der Waals surface area (Å²) < 4.78 is 1.50. The number of para-hydroxylation sites is 2. The quantitative estimate of drug-likeness (QED) is 0.431. The van der Waals surface area contributed by atoms with E-state index in [2.05, 4.69) is 43.3 Å². The van der Waals surface area contributed by atoms with Gasteiger partial charge in [0.15, 0.2) is 5.65 Å². The lowest BCUT2D eigenvalue weighted by Crippen LogP contribution is -2.32. The van der Waals surface area contributed by atoms with E-state index in [1.165, 1.54) is 10.2 Å². The Morgan fingerprint density at radius 3 is 2.36 bits per heavy atom. The van der Waals surface area contributed by atoms with E-state index in [4.69, 9.17) is 15.7 Å². The molecule has 0 radical (unpaired) electrons. The molecule has 3 N–H and O–H groups in total. The number of nitrogens with two attached hydrogens (primary N) is 1. The molecule has 7 heteroatoms. The zero-order valence-corrected chi connectivity index (χ0v) is 19.8. The van der Waals surface area contributed by atoms with Crippen LogP contribution in [0.15, 0.2) is 53.6 Å². The van der Waals surface area contributed by atoms with Crippen molar-refractivity contribution in [1.82, 2.24) is 20.0 Å². The molecule has 4 aromatic rings. The molecule has 170 valence electrons. The number of fused-ring (bicyclic) bond motifs is 2. The van der Waals surface area contributed by atoms with Crippen LogP contribution in [0.3, 0.4) is 0 Å². The van der Waals surface area contributed by atoms with E-state index in [0.29, 0.717) is 27.8 Å². The van der Waals surface area contributed by atoms with E-state index in [9.17, 15) is 4.79 Å². The first-order valence-electron chi connectivity index (χ1n) is 11.2. The summed E-state index contributed by atoms with van der Waals surface area (Å²) in [6, 6.07) is 15.8. The highest BCUT2D eigenvalue weighted by molar-refractivity contribution is 6.10. The highest BCUT2D eigenvalue weighted by atomic mass is 16.1. The average molecular weight is 443 g/mol. The number of carbonyl (C=O) groups excluding carboxylic acids is 1.